The Bertz CT molecular complexity index is 392. The van der Waals surface area contributed by atoms with Crippen molar-refractivity contribution < 1.29 is 0 Å². The molecule has 1 unspecified atom stereocenters. The third kappa shape index (κ3) is 4.32. The maximum atomic E-state index is 6.38. The molecule has 1 aliphatic rings. The zero-order valence-electron chi connectivity index (χ0n) is 12.5. The molecule has 1 aliphatic heterocycles. The van der Waals surface area contributed by atoms with Gasteiger partial charge in [-0.15, -0.1) is 0 Å². The van der Waals surface area contributed by atoms with Crippen LogP contribution in [0.3, 0.4) is 0 Å². The zero-order valence-corrected chi connectivity index (χ0v) is 12.5. The largest absolute Gasteiger partial charge is 0.324 e. The Balaban J connectivity index is 1.87. The number of nitrogens with two attached hydrogens (primary N) is 1. The molecular weight excluding hydrogens is 232 g/mol. The van der Waals surface area contributed by atoms with E-state index in [2.05, 4.69) is 36.9 Å². The van der Waals surface area contributed by atoms with E-state index in [1.165, 1.54) is 55.5 Å². The van der Waals surface area contributed by atoms with Gasteiger partial charge < -0.3 is 10.6 Å². The standard InChI is InChI=1S/C17H28N2/c1-14-7-8-16(15(2)13-14)17(18)9-12-19-10-5-3-4-6-11-19/h7-8,13,17H,3-6,9-12,18H2,1-2H3. The Hall–Kier alpha value is -0.860. The second-order valence-electron chi connectivity index (χ2n) is 6.01. The van der Waals surface area contributed by atoms with Gasteiger partial charge in [0.25, 0.3) is 0 Å². The first-order chi connectivity index (χ1) is 9.16. The van der Waals surface area contributed by atoms with E-state index in [9.17, 15) is 0 Å². The predicted octanol–water partition coefficient (Wildman–Crippen LogP) is 3.57. The van der Waals surface area contributed by atoms with E-state index in [-0.39, 0.29) is 6.04 Å². The number of aryl methyl sites for hydroxylation is 2. The van der Waals surface area contributed by atoms with Crippen molar-refractivity contribution >= 4 is 0 Å². The van der Waals surface area contributed by atoms with Crippen molar-refractivity contribution in [2.45, 2.75) is 52.0 Å². The molecule has 0 bridgehead atoms. The minimum atomic E-state index is 0.184. The van der Waals surface area contributed by atoms with Crippen LogP contribution in [-0.2, 0) is 0 Å². The Morgan fingerprint density at radius 1 is 1.11 bits per heavy atom. The van der Waals surface area contributed by atoms with Crippen molar-refractivity contribution in [3.63, 3.8) is 0 Å². The molecule has 2 N–H and O–H groups in total. The number of nitrogens with zero attached hydrogens (tertiary/aromatic N) is 1. The third-order valence-electron chi connectivity index (χ3n) is 4.28. The van der Waals surface area contributed by atoms with Crippen LogP contribution in [0.25, 0.3) is 0 Å². The monoisotopic (exact) mass is 260 g/mol. The van der Waals surface area contributed by atoms with Crippen LogP contribution in [0, 0.1) is 13.8 Å². The van der Waals surface area contributed by atoms with Crippen molar-refractivity contribution in [3.8, 4) is 0 Å². The molecule has 0 spiro atoms. The van der Waals surface area contributed by atoms with Crippen LogP contribution in [0.1, 0.15) is 54.8 Å². The first kappa shape index (κ1) is 14.5. The van der Waals surface area contributed by atoms with Gasteiger partial charge in [-0.05, 0) is 63.9 Å². The summed E-state index contributed by atoms with van der Waals surface area (Å²) in [5.41, 5.74) is 10.4. The maximum absolute atomic E-state index is 6.38. The van der Waals surface area contributed by atoms with E-state index in [1.54, 1.807) is 0 Å². The highest BCUT2D eigenvalue weighted by atomic mass is 15.1. The molecule has 0 aliphatic carbocycles. The Labute approximate surface area is 118 Å². The van der Waals surface area contributed by atoms with Crippen LogP contribution in [0.2, 0.25) is 0 Å². The van der Waals surface area contributed by atoms with E-state index in [0.717, 1.165) is 13.0 Å². The lowest BCUT2D eigenvalue weighted by molar-refractivity contribution is 0.273. The molecule has 2 heteroatoms. The summed E-state index contributed by atoms with van der Waals surface area (Å²) in [5, 5.41) is 0. The van der Waals surface area contributed by atoms with Gasteiger partial charge in [-0.3, -0.25) is 0 Å². The van der Waals surface area contributed by atoms with E-state index >= 15 is 0 Å². The molecule has 1 fully saturated rings. The van der Waals surface area contributed by atoms with Crippen molar-refractivity contribution in [1.82, 2.24) is 4.90 Å². The van der Waals surface area contributed by atoms with Gasteiger partial charge in [0.1, 0.15) is 0 Å². The first-order valence-corrected chi connectivity index (χ1v) is 7.72. The van der Waals surface area contributed by atoms with E-state index in [4.69, 9.17) is 5.73 Å². The van der Waals surface area contributed by atoms with Crippen molar-refractivity contribution in [3.05, 3.63) is 34.9 Å². The highest BCUT2D eigenvalue weighted by molar-refractivity contribution is 5.32. The summed E-state index contributed by atoms with van der Waals surface area (Å²) in [6.07, 6.45) is 6.60. The molecule has 1 heterocycles. The molecular formula is C17H28N2. The van der Waals surface area contributed by atoms with Crippen LogP contribution in [-0.4, -0.2) is 24.5 Å². The summed E-state index contributed by atoms with van der Waals surface area (Å²) in [4.78, 5) is 2.59. The zero-order chi connectivity index (χ0) is 13.7. The molecule has 2 nitrogen and oxygen atoms in total. The van der Waals surface area contributed by atoms with E-state index < -0.39 is 0 Å². The number of hydrogen-bond acceptors (Lipinski definition) is 2. The van der Waals surface area contributed by atoms with Gasteiger partial charge in [-0.25, -0.2) is 0 Å². The van der Waals surface area contributed by atoms with E-state index in [1.807, 2.05) is 0 Å². The van der Waals surface area contributed by atoms with Gasteiger partial charge in [0.2, 0.25) is 0 Å². The summed E-state index contributed by atoms with van der Waals surface area (Å²) in [7, 11) is 0. The second kappa shape index (κ2) is 7.06. The van der Waals surface area contributed by atoms with Gasteiger partial charge in [0.15, 0.2) is 0 Å². The topological polar surface area (TPSA) is 29.3 Å². The highest BCUT2D eigenvalue weighted by Crippen LogP contribution is 2.20. The molecule has 0 saturated carbocycles. The molecule has 1 aromatic rings. The number of hydrogen-bond donors (Lipinski definition) is 1. The quantitative estimate of drug-likeness (QED) is 0.896. The van der Waals surface area contributed by atoms with Gasteiger partial charge in [-0.1, -0.05) is 36.6 Å². The second-order valence-corrected chi connectivity index (χ2v) is 6.01. The van der Waals surface area contributed by atoms with Crippen molar-refractivity contribution in [1.29, 1.82) is 0 Å². The molecule has 19 heavy (non-hydrogen) atoms. The molecule has 1 atom stereocenters. The minimum absolute atomic E-state index is 0.184. The van der Waals surface area contributed by atoms with Crippen molar-refractivity contribution in [2.75, 3.05) is 19.6 Å². The SMILES string of the molecule is Cc1ccc(C(N)CCN2CCCCCC2)c(C)c1. The lowest BCUT2D eigenvalue weighted by atomic mass is 9.97. The molecule has 1 saturated heterocycles. The third-order valence-corrected chi connectivity index (χ3v) is 4.28. The summed E-state index contributed by atoms with van der Waals surface area (Å²) in [5.74, 6) is 0. The summed E-state index contributed by atoms with van der Waals surface area (Å²) in [6, 6.07) is 6.80. The Kier molecular flexibility index (Phi) is 5.41. The molecule has 106 valence electrons. The van der Waals surface area contributed by atoms with Gasteiger partial charge in [0.05, 0.1) is 0 Å². The Morgan fingerprint density at radius 3 is 2.42 bits per heavy atom. The summed E-state index contributed by atoms with van der Waals surface area (Å²) in [6.45, 7) is 7.99. The highest BCUT2D eigenvalue weighted by Gasteiger charge is 2.13. The average Bonchev–Trinajstić information content (AvgIpc) is 2.64. The van der Waals surface area contributed by atoms with Crippen LogP contribution in [0.4, 0.5) is 0 Å². The molecule has 0 radical (unpaired) electrons. The Morgan fingerprint density at radius 2 is 1.79 bits per heavy atom. The molecule has 2 rings (SSSR count). The lowest BCUT2D eigenvalue weighted by Crippen LogP contribution is -2.28. The predicted molar refractivity (Wildman–Crippen MR) is 82.4 cm³/mol. The number of rotatable bonds is 4. The maximum Gasteiger partial charge on any atom is 0.0309 e. The van der Waals surface area contributed by atoms with Crippen molar-refractivity contribution in [2.24, 2.45) is 5.73 Å². The molecule has 1 aromatic carbocycles. The normalized spacial score (nSPS) is 19.1. The fourth-order valence-corrected chi connectivity index (χ4v) is 3.08. The summed E-state index contributed by atoms with van der Waals surface area (Å²) < 4.78 is 0. The van der Waals surface area contributed by atoms with Crippen LogP contribution < -0.4 is 5.73 Å². The fraction of sp³-hybridized carbons (Fsp3) is 0.647. The van der Waals surface area contributed by atoms with Crippen LogP contribution in [0.5, 0.6) is 0 Å². The first-order valence-electron chi connectivity index (χ1n) is 7.72. The minimum Gasteiger partial charge on any atom is -0.324 e. The van der Waals surface area contributed by atoms with Crippen LogP contribution in [0.15, 0.2) is 18.2 Å². The lowest BCUT2D eigenvalue weighted by Gasteiger charge is -2.22. The molecule has 0 aromatic heterocycles. The number of likely N-dealkylation sites (tertiary alicyclic amines) is 1. The number of benzene rings is 1. The summed E-state index contributed by atoms with van der Waals surface area (Å²) >= 11 is 0. The fourth-order valence-electron chi connectivity index (χ4n) is 3.08. The smallest absolute Gasteiger partial charge is 0.0309 e. The van der Waals surface area contributed by atoms with Gasteiger partial charge in [-0.2, -0.15) is 0 Å². The molecule has 0 amide bonds. The average molecular weight is 260 g/mol. The van der Waals surface area contributed by atoms with Gasteiger partial charge in [0, 0.05) is 6.04 Å². The van der Waals surface area contributed by atoms with Gasteiger partial charge >= 0.3 is 0 Å². The van der Waals surface area contributed by atoms with E-state index in [0.29, 0.717) is 0 Å². The van der Waals surface area contributed by atoms with Crippen LogP contribution >= 0.6 is 0 Å².